The fourth-order valence-electron chi connectivity index (χ4n) is 5.26. The summed E-state index contributed by atoms with van der Waals surface area (Å²) < 4.78 is 28.9. The van der Waals surface area contributed by atoms with Crippen LogP contribution in [0.1, 0.15) is 60.8 Å². The lowest BCUT2D eigenvalue weighted by Crippen LogP contribution is -2.56. The second-order valence-corrected chi connectivity index (χ2v) is 11.2. The first-order valence-corrected chi connectivity index (χ1v) is 13.8. The third-order valence-corrected chi connectivity index (χ3v) is 7.51. The van der Waals surface area contributed by atoms with Gasteiger partial charge in [0.05, 0.1) is 31.5 Å². The first kappa shape index (κ1) is 31.2. The quantitative estimate of drug-likeness (QED) is 0.133. The van der Waals surface area contributed by atoms with Crippen LogP contribution in [0.15, 0.2) is 48.6 Å². The van der Waals surface area contributed by atoms with E-state index in [-0.39, 0.29) is 36.0 Å². The first-order valence-electron chi connectivity index (χ1n) is 13.8. The third-order valence-electron chi connectivity index (χ3n) is 7.51. The minimum Gasteiger partial charge on any atom is -0.459 e. The Kier molecular flexibility index (Phi) is 10.7. The normalized spacial score (nSPS) is 37.7. The average molecular weight is 548 g/mol. The second-order valence-electron chi connectivity index (χ2n) is 11.2. The van der Waals surface area contributed by atoms with Gasteiger partial charge in [-0.25, -0.2) is 0 Å². The van der Waals surface area contributed by atoms with Crippen molar-refractivity contribution in [3.05, 3.63) is 48.6 Å². The van der Waals surface area contributed by atoms with Crippen molar-refractivity contribution in [2.45, 2.75) is 109 Å². The molecular formula is C30H45NO8. The van der Waals surface area contributed by atoms with Gasteiger partial charge < -0.3 is 34.1 Å². The number of aliphatic hydroxyl groups is 1. The number of carbonyl (C=O) groups is 2. The van der Waals surface area contributed by atoms with E-state index in [0.29, 0.717) is 19.6 Å². The number of carbonyl (C=O) groups excluding carboxylic acids is 2. The Morgan fingerprint density at radius 3 is 2.62 bits per heavy atom. The highest BCUT2D eigenvalue weighted by Gasteiger charge is 2.62. The molecule has 2 N–H and O–H groups in total. The van der Waals surface area contributed by atoms with Crippen molar-refractivity contribution >= 4 is 11.9 Å². The smallest absolute Gasteiger partial charge is 0.303 e. The fourth-order valence-corrected chi connectivity index (χ4v) is 5.26. The van der Waals surface area contributed by atoms with Crippen LogP contribution in [-0.4, -0.2) is 78.1 Å². The maximum atomic E-state index is 12.4. The summed E-state index contributed by atoms with van der Waals surface area (Å²) in [5.74, 6) is -1.25. The zero-order valence-corrected chi connectivity index (χ0v) is 24.1. The molecule has 39 heavy (non-hydrogen) atoms. The predicted molar refractivity (Wildman–Crippen MR) is 147 cm³/mol. The van der Waals surface area contributed by atoms with Gasteiger partial charge >= 0.3 is 5.97 Å². The SMILES string of the molecule is C=CCOC1(C)CC2(CO2)C(O)C(C=CC(C)=CCC2OC(C)C(NC(=O)C=CC(C)OC(C)=O)CC2C)O1. The third kappa shape index (κ3) is 8.85. The van der Waals surface area contributed by atoms with E-state index >= 15 is 0 Å². The van der Waals surface area contributed by atoms with Crippen molar-refractivity contribution < 1.29 is 38.4 Å². The van der Waals surface area contributed by atoms with Gasteiger partial charge in [0.2, 0.25) is 5.91 Å². The molecule has 3 fully saturated rings. The van der Waals surface area contributed by atoms with Crippen molar-refractivity contribution in [3.8, 4) is 0 Å². The van der Waals surface area contributed by atoms with Crippen molar-refractivity contribution in [1.29, 1.82) is 0 Å². The van der Waals surface area contributed by atoms with Crippen LogP contribution in [-0.2, 0) is 33.3 Å². The summed E-state index contributed by atoms with van der Waals surface area (Å²) in [6.45, 7) is 15.5. The fraction of sp³-hybridized carbons (Fsp3) is 0.667. The number of epoxide rings is 1. The van der Waals surface area contributed by atoms with Crippen LogP contribution in [0.5, 0.6) is 0 Å². The molecule has 0 radical (unpaired) electrons. The van der Waals surface area contributed by atoms with Crippen LogP contribution in [0.4, 0.5) is 0 Å². The van der Waals surface area contributed by atoms with Gasteiger partial charge in [-0.15, -0.1) is 6.58 Å². The summed E-state index contributed by atoms with van der Waals surface area (Å²) in [6.07, 6.45) is 10.6. The number of rotatable bonds is 11. The minimum absolute atomic E-state index is 0.0197. The molecule has 3 rings (SSSR count). The van der Waals surface area contributed by atoms with Crippen molar-refractivity contribution in [3.63, 3.8) is 0 Å². The molecule has 3 aliphatic rings. The molecule has 9 heteroatoms. The lowest BCUT2D eigenvalue weighted by molar-refractivity contribution is -0.291. The van der Waals surface area contributed by atoms with Crippen LogP contribution in [0.25, 0.3) is 0 Å². The summed E-state index contributed by atoms with van der Waals surface area (Å²) in [7, 11) is 0. The zero-order chi connectivity index (χ0) is 28.8. The number of allylic oxidation sites excluding steroid dienone is 2. The number of hydrogen-bond acceptors (Lipinski definition) is 8. The van der Waals surface area contributed by atoms with Gasteiger partial charge in [0, 0.05) is 19.4 Å². The molecule has 9 nitrogen and oxygen atoms in total. The van der Waals surface area contributed by atoms with Gasteiger partial charge in [-0.3, -0.25) is 9.59 Å². The number of ether oxygens (including phenoxy) is 5. The summed E-state index contributed by atoms with van der Waals surface area (Å²) in [5.41, 5.74) is 0.409. The molecule has 3 heterocycles. The van der Waals surface area contributed by atoms with Gasteiger partial charge in [0.1, 0.15) is 23.9 Å². The molecule has 0 saturated carbocycles. The Labute approximate surface area is 232 Å². The summed E-state index contributed by atoms with van der Waals surface area (Å²) in [4.78, 5) is 23.4. The maximum Gasteiger partial charge on any atom is 0.303 e. The van der Waals surface area contributed by atoms with Gasteiger partial charge in [-0.05, 0) is 52.5 Å². The summed E-state index contributed by atoms with van der Waals surface area (Å²) in [5, 5.41) is 13.8. The molecule has 1 amide bonds. The highest BCUT2D eigenvalue weighted by molar-refractivity contribution is 5.87. The lowest BCUT2D eigenvalue weighted by atomic mass is 9.87. The highest BCUT2D eigenvalue weighted by atomic mass is 16.7. The molecule has 3 saturated heterocycles. The molecule has 0 bridgehead atoms. The van der Waals surface area contributed by atoms with E-state index in [4.69, 9.17) is 23.7 Å². The number of amides is 1. The van der Waals surface area contributed by atoms with E-state index in [9.17, 15) is 14.7 Å². The van der Waals surface area contributed by atoms with Crippen LogP contribution in [0.3, 0.4) is 0 Å². The number of esters is 1. The van der Waals surface area contributed by atoms with E-state index in [0.717, 1.165) is 18.4 Å². The minimum atomic E-state index is -0.861. The van der Waals surface area contributed by atoms with Crippen LogP contribution < -0.4 is 5.32 Å². The molecule has 0 aromatic heterocycles. The summed E-state index contributed by atoms with van der Waals surface area (Å²) >= 11 is 0. The van der Waals surface area contributed by atoms with Crippen molar-refractivity contribution in [2.75, 3.05) is 13.2 Å². The molecule has 0 aliphatic carbocycles. The van der Waals surface area contributed by atoms with E-state index in [2.05, 4.69) is 24.9 Å². The monoisotopic (exact) mass is 547 g/mol. The molecule has 3 aliphatic heterocycles. The van der Waals surface area contributed by atoms with Crippen molar-refractivity contribution in [1.82, 2.24) is 5.32 Å². The summed E-state index contributed by atoms with van der Waals surface area (Å²) in [6, 6.07) is -0.109. The number of aliphatic hydroxyl groups excluding tert-OH is 1. The predicted octanol–water partition coefficient (Wildman–Crippen LogP) is 3.52. The second kappa shape index (κ2) is 13.4. The van der Waals surface area contributed by atoms with Gasteiger partial charge in [-0.1, -0.05) is 36.8 Å². The topological polar surface area (TPSA) is 116 Å². The molecule has 0 aromatic rings. The molecule has 9 unspecified atom stereocenters. The van der Waals surface area contributed by atoms with Crippen LogP contribution in [0, 0.1) is 5.92 Å². The van der Waals surface area contributed by atoms with Crippen LogP contribution in [0.2, 0.25) is 0 Å². The Balaban J connectivity index is 1.51. The van der Waals surface area contributed by atoms with E-state index < -0.39 is 29.7 Å². The van der Waals surface area contributed by atoms with Gasteiger partial charge in [-0.2, -0.15) is 0 Å². The molecule has 0 aromatic carbocycles. The van der Waals surface area contributed by atoms with Crippen molar-refractivity contribution in [2.24, 2.45) is 5.92 Å². The standard InChI is InChI=1S/C30H45NO8/c1-8-15-35-29(7)17-30(18-36-30)28(34)26(39-29)13-10-19(2)9-12-25-20(3)16-24(22(5)38-25)31-27(33)14-11-21(4)37-23(6)32/h8-11,13-14,20-22,24-26,28,34H,1,12,15-18H2,2-7H3,(H,31,33). The lowest BCUT2D eigenvalue weighted by Gasteiger charge is -2.43. The van der Waals surface area contributed by atoms with E-state index in [1.807, 2.05) is 32.9 Å². The van der Waals surface area contributed by atoms with Gasteiger partial charge in [0.15, 0.2) is 5.79 Å². The molecule has 218 valence electrons. The first-order chi connectivity index (χ1) is 18.4. The largest absolute Gasteiger partial charge is 0.459 e. The highest BCUT2D eigenvalue weighted by Crippen LogP contribution is 2.47. The van der Waals surface area contributed by atoms with E-state index in [1.165, 1.54) is 13.0 Å². The average Bonchev–Trinajstić information content (AvgIpc) is 3.63. The van der Waals surface area contributed by atoms with Gasteiger partial charge in [0.25, 0.3) is 0 Å². The Bertz CT molecular complexity index is 970. The molecule has 9 atom stereocenters. The molecular weight excluding hydrogens is 502 g/mol. The molecule has 1 spiro atoms. The zero-order valence-electron chi connectivity index (χ0n) is 24.1. The Hall–Kier alpha value is -2.30. The van der Waals surface area contributed by atoms with E-state index in [1.54, 1.807) is 19.1 Å². The maximum absolute atomic E-state index is 12.4. The Morgan fingerprint density at radius 2 is 1.97 bits per heavy atom. The van der Waals surface area contributed by atoms with Crippen LogP contribution >= 0.6 is 0 Å². The number of nitrogens with one attached hydrogen (secondary N) is 1. The Morgan fingerprint density at radius 1 is 1.26 bits per heavy atom. The number of hydrogen-bond donors (Lipinski definition) is 2.